The lowest BCUT2D eigenvalue weighted by molar-refractivity contribution is 0.0786. The highest BCUT2D eigenvalue weighted by molar-refractivity contribution is 5.96. The van der Waals surface area contributed by atoms with E-state index < -0.39 is 0 Å². The summed E-state index contributed by atoms with van der Waals surface area (Å²) in [5.74, 6) is 0.649. The third-order valence-electron chi connectivity index (χ3n) is 5.79. The van der Waals surface area contributed by atoms with E-state index in [4.69, 9.17) is 9.47 Å². The predicted octanol–water partition coefficient (Wildman–Crippen LogP) is 2.25. The van der Waals surface area contributed by atoms with Crippen LogP contribution in [0.15, 0.2) is 41.3 Å². The first-order valence-electron chi connectivity index (χ1n) is 10.0. The molecule has 1 saturated heterocycles. The van der Waals surface area contributed by atoms with Gasteiger partial charge in [0.25, 0.3) is 5.91 Å². The maximum Gasteiger partial charge on any atom is 0.330 e. The number of carbonyl (C=O) groups is 1. The van der Waals surface area contributed by atoms with E-state index in [-0.39, 0.29) is 17.6 Å². The lowest BCUT2D eigenvalue weighted by atomic mass is 10.1. The third kappa shape index (κ3) is 3.37. The number of imidazole rings is 1. The Morgan fingerprint density at radius 2 is 2.07 bits per heavy atom. The van der Waals surface area contributed by atoms with Gasteiger partial charge in [0.1, 0.15) is 5.75 Å². The van der Waals surface area contributed by atoms with Crippen LogP contribution < -0.4 is 10.4 Å². The summed E-state index contributed by atoms with van der Waals surface area (Å²) in [4.78, 5) is 32.6. The summed E-state index contributed by atoms with van der Waals surface area (Å²) in [7, 11) is 3.21. The number of fused-ring (bicyclic) bond motifs is 1. The SMILES string of the molecule is COCCn1c(=O)n([C@@H]2CCN(C(=O)c3cccc(OC)c3C)C2)c2ncccc21. The number of benzene rings is 1. The van der Waals surface area contributed by atoms with E-state index in [1.807, 2.05) is 37.3 Å². The van der Waals surface area contributed by atoms with E-state index in [1.165, 1.54) is 0 Å². The van der Waals surface area contributed by atoms with Gasteiger partial charge in [0.05, 0.1) is 31.8 Å². The molecule has 0 radical (unpaired) electrons. The molecule has 8 nitrogen and oxygen atoms in total. The second kappa shape index (κ2) is 8.31. The number of hydrogen-bond acceptors (Lipinski definition) is 5. The van der Waals surface area contributed by atoms with Gasteiger partial charge in [-0.05, 0) is 37.6 Å². The van der Waals surface area contributed by atoms with Gasteiger partial charge in [-0.1, -0.05) is 6.07 Å². The molecule has 1 aromatic carbocycles. The molecule has 8 heteroatoms. The van der Waals surface area contributed by atoms with E-state index in [0.717, 1.165) is 11.1 Å². The van der Waals surface area contributed by atoms with Crippen molar-refractivity contribution in [3.05, 3.63) is 58.1 Å². The number of nitrogens with zero attached hydrogens (tertiary/aromatic N) is 4. The zero-order chi connectivity index (χ0) is 21.3. The number of amides is 1. The summed E-state index contributed by atoms with van der Waals surface area (Å²) >= 11 is 0. The van der Waals surface area contributed by atoms with E-state index in [9.17, 15) is 9.59 Å². The minimum atomic E-state index is -0.117. The van der Waals surface area contributed by atoms with Crippen LogP contribution >= 0.6 is 0 Å². The van der Waals surface area contributed by atoms with Gasteiger partial charge in [0.2, 0.25) is 0 Å². The van der Waals surface area contributed by atoms with Crippen molar-refractivity contribution in [3.8, 4) is 5.75 Å². The summed E-state index contributed by atoms with van der Waals surface area (Å²) in [5.41, 5.74) is 2.77. The van der Waals surface area contributed by atoms with Gasteiger partial charge < -0.3 is 14.4 Å². The molecule has 4 rings (SSSR count). The number of rotatable bonds is 6. The van der Waals surface area contributed by atoms with E-state index in [2.05, 4.69) is 4.98 Å². The van der Waals surface area contributed by atoms with Crippen molar-refractivity contribution < 1.29 is 14.3 Å². The fraction of sp³-hybridized carbons (Fsp3) is 0.409. The Bertz CT molecular complexity index is 1130. The van der Waals surface area contributed by atoms with Gasteiger partial charge in [-0.25, -0.2) is 9.78 Å². The molecule has 158 valence electrons. The predicted molar refractivity (Wildman–Crippen MR) is 113 cm³/mol. The molecule has 30 heavy (non-hydrogen) atoms. The quantitative estimate of drug-likeness (QED) is 0.623. The van der Waals surface area contributed by atoms with Crippen LogP contribution in [-0.2, 0) is 11.3 Å². The second-order valence-corrected chi connectivity index (χ2v) is 7.47. The van der Waals surface area contributed by atoms with Gasteiger partial charge in [-0.15, -0.1) is 0 Å². The van der Waals surface area contributed by atoms with Crippen molar-refractivity contribution in [1.82, 2.24) is 19.0 Å². The van der Waals surface area contributed by atoms with E-state index in [1.54, 1.807) is 34.5 Å². The highest BCUT2D eigenvalue weighted by Gasteiger charge is 2.32. The molecule has 0 unspecified atom stereocenters. The van der Waals surface area contributed by atoms with Crippen molar-refractivity contribution >= 4 is 17.1 Å². The zero-order valence-electron chi connectivity index (χ0n) is 17.5. The van der Waals surface area contributed by atoms with Crippen molar-refractivity contribution in [2.75, 3.05) is 33.9 Å². The number of pyridine rings is 1. The summed E-state index contributed by atoms with van der Waals surface area (Å²) in [5, 5.41) is 0. The molecule has 1 aliphatic rings. The molecule has 1 fully saturated rings. The molecule has 1 atom stereocenters. The zero-order valence-corrected chi connectivity index (χ0v) is 17.5. The number of hydrogen-bond donors (Lipinski definition) is 0. The molecule has 0 bridgehead atoms. The number of likely N-dealkylation sites (tertiary alicyclic amines) is 1. The fourth-order valence-electron chi connectivity index (χ4n) is 4.21. The topological polar surface area (TPSA) is 78.6 Å². The smallest absolute Gasteiger partial charge is 0.330 e. The average molecular weight is 410 g/mol. The molecular formula is C22H26N4O4. The normalized spacial score (nSPS) is 16.4. The number of methoxy groups -OCH3 is 2. The van der Waals surface area contributed by atoms with Crippen molar-refractivity contribution in [1.29, 1.82) is 0 Å². The Morgan fingerprint density at radius 1 is 1.23 bits per heavy atom. The molecule has 1 amide bonds. The molecule has 0 N–H and O–H groups in total. The first-order chi connectivity index (χ1) is 14.6. The van der Waals surface area contributed by atoms with E-state index in [0.29, 0.717) is 49.6 Å². The van der Waals surface area contributed by atoms with Crippen LogP contribution in [0.2, 0.25) is 0 Å². The fourth-order valence-corrected chi connectivity index (χ4v) is 4.21. The number of aromatic nitrogens is 3. The molecule has 0 saturated carbocycles. The standard InChI is InChI=1S/C22H26N4O4/c1-15-17(6-4-8-19(15)30-3)21(27)24-11-9-16(14-24)26-20-18(7-5-10-23-20)25(22(26)28)12-13-29-2/h4-8,10,16H,9,11-14H2,1-3H3/t16-/m1/s1. The third-order valence-corrected chi connectivity index (χ3v) is 5.79. The van der Waals surface area contributed by atoms with Gasteiger partial charge in [0, 0.05) is 37.5 Å². The molecule has 1 aliphatic heterocycles. The Hall–Kier alpha value is -3.13. The minimum absolute atomic E-state index is 0.0435. The van der Waals surface area contributed by atoms with Gasteiger partial charge in [-0.2, -0.15) is 0 Å². The lowest BCUT2D eigenvalue weighted by Crippen LogP contribution is -2.32. The Labute approximate surface area is 174 Å². The molecule has 0 aliphatic carbocycles. The Balaban J connectivity index is 1.64. The highest BCUT2D eigenvalue weighted by Crippen LogP contribution is 2.28. The largest absolute Gasteiger partial charge is 0.496 e. The van der Waals surface area contributed by atoms with Gasteiger partial charge in [0.15, 0.2) is 5.65 Å². The van der Waals surface area contributed by atoms with Crippen LogP contribution in [0.5, 0.6) is 5.75 Å². The highest BCUT2D eigenvalue weighted by atomic mass is 16.5. The first kappa shape index (κ1) is 20.2. The minimum Gasteiger partial charge on any atom is -0.496 e. The van der Waals surface area contributed by atoms with Crippen molar-refractivity contribution in [2.24, 2.45) is 0 Å². The van der Waals surface area contributed by atoms with Crippen LogP contribution in [-0.4, -0.2) is 58.8 Å². The molecule has 3 aromatic rings. The Kier molecular flexibility index (Phi) is 5.59. The molecule has 2 aromatic heterocycles. The number of ether oxygens (including phenoxy) is 2. The average Bonchev–Trinajstić information content (AvgIpc) is 3.34. The molecule has 3 heterocycles. The van der Waals surface area contributed by atoms with Crippen LogP contribution in [0.4, 0.5) is 0 Å². The number of carbonyl (C=O) groups excluding carboxylic acids is 1. The first-order valence-corrected chi connectivity index (χ1v) is 10.0. The molecule has 0 spiro atoms. The second-order valence-electron chi connectivity index (χ2n) is 7.47. The maximum absolute atomic E-state index is 13.2. The van der Waals surface area contributed by atoms with Gasteiger partial charge in [-0.3, -0.25) is 13.9 Å². The molecular weight excluding hydrogens is 384 g/mol. The summed E-state index contributed by atoms with van der Waals surface area (Å²) in [6, 6.07) is 9.09. The lowest BCUT2D eigenvalue weighted by Gasteiger charge is -2.19. The van der Waals surface area contributed by atoms with Crippen LogP contribution in [0.25, 0.3) is 11.2 Å². The van der Waals surface area contributed by atoms with Gasteiger partial charge >= 0.3 is 5.69 Å². The summed E-state index contributed by atoms with van der Waals surface area (Å²) in [6.45, 7) is 3.85. The maximum atomic E-state index is 13.2. The van der Waals surface area contributed by atoms with Crippen LogP contribution in [0.3, 0.4) is 0 Å². The van der Waals surface area contributed by atoms with E-state index >= 15 is 0 Å². The van der Waals surface area contributed by atoms with Crippen molar-refractivity contribution in [2.45, 2.75) is 25.9 Å². The summed E-state index contributed by atoms with van der Waals surface area (Å²) < 4.78 is 13.9. The summed E-state index contributed by atoms with van der Waals surface area (Å²) in [6.07, 6.45) is 2.39. The monoisotopic (exact) mass is 410 g/mol. The Morgan fingerprint density at radius 3 is 2.83 bits per heavy atom. The van der Waals surface area contributed by atoms with Crippen LogP contribution in [0.1, 0.15) is 28.4 Å². The van der Waals surface area contributed by atoms with Crippen molar-refractivity contribution in [3.63, 3.8) is 0 Å². The van der Waals surface area contributed by atoms with Crippen LogP contribution in [0, 0.1) is 6.92 Å².